The van der Waals surface area contributed by atoms with Gasteiger partial charge in [0.2, 0.25) is 0 Å². The summed E-state index contributed by atoms with van der Waals surface area (Å²) in [6.45, 7) is 1.59. The lowest BCUT2D eigenvalue weighted by Crippen LogP contribution is -2.20. The Bertz CT molecular complexity index is 563. The summed E-state index contributed by atoms with van der Waals surface area (Å²) in [6, 6.07) is 5.23. The molecule has 2 heterocycles. The molecule has 0 saturated heterocycles. The lowest BCUT2D eigenvalue weighted by atomic mass is 10.0. The third-order valence-corrected chi connectivity index (χ3v) is 3.23. The number of hydrogen-bond acceptors (Lipinski definition) is 4. The van der Waals surface area contributed by atoms with Crippen LogP contribution in [-0.4, -0.2) is 23.9 Å². The van der Waals surface area contributed by atoms with Crippen molar-refractivity contribution in [3.63, 3.8) is 0 Å². The second-order valence-corrected chi connectivity index (χ2v) is 4.43. The maximum absolute atomic E-state index is 12.0. The topological polar surface area (TPSA) is 57.2 Å². The molecule has 1 aromatic carbocycles. The molecule has 0 spiro atoms. The molecule has 1 aliphatic rings. The van der Waals surface area contributed by atoms with E-state index in [1.54, 1.807) is 17.6 Å². The van der Waals surface area contributed by atoms with Crippen LogP contribution in [0.25, 0.3) is 11.3 Å². The first-order valence-corrected chi connectivity index (χ1v) is 6.28. The first-order valence-electron chi connectivity index (χ1n) is 5.33. The van der Waals surface area contributed by atoms with Gasteiger partial charge in [0.15, 0.2) is 5.75 Å². The van der Waals surface area contributed by atoms with E-state index in [4.69, 9.17) is 0 Å². The van der Waals surface area contributed by atoms with E-state index in [0.29, 0.717) is 5.56 Å². The molecule has 1 aliphatic heterocycles. The fourth-order valence-electron chi connectivity index (χ4n) is 1.91. The Morgan fingerprint density at radius 2 is 2.29 bits per heavy atom. The van der Waals surface area contributed by atoms with Crippen LogP contribution in [-0.2, 0) is 5.11 Å². The van der Waals surface area contributed by atoms with Gasteiger partial charge in [-0.15, -0.1) is 11.3 Å². The van der Waals surface area contributed by atoms with Gasteiger partial charge in [0, 0.05) is 17.5 Å². The van der Waals surface area contributed by atoms with Crippen molar-refractivity contribution in [2.45, 2.75) is 0 Å². The van der Waals surface area contributed by atoms with E-state index in [1.165, 1.54) is 11.3 Å². The van der Waals surface area contributed by atoms with E-state index in [-0.39, 0.29) is 5.75 Å². The molecule has 0 saturated carbocycles. The van der Waals surface area contributed by atoms with E-state index in [2.05, 4.69) is 15.3 Å². The summed E-state index contributed by atoms with van der Waals surface area (Å²) in [7, 11) is 0. The van der Waals surface area contributed by atoms with Crippen LogP contribution < -0.4 is 5.32 Å². The molecule has 0 fully saturated rings. The zero-order valence-corrected chi connectivity index (χ0v) is 9.83. The molecule has 0 atom stereocenters. The van der Waals surface area contributed by atoms with Gasteiger partial charge >= 0.3 is 0 Å². The summed E-state index contributed by atoms with van der Waals surface area (Å²) in [6.07, 6.45) is 0. The fraction of sp³-hybridized carbons (Fsp3) is 0.167. The van der Waals surface area contributed by atoms with Crippen LogP contribution in [0.1, 0.15) is 5.56 Å². The van der Waals surface area contributed by atoms with Gasteiger partial charge < -0.3 is 5.32 Å². The molecule has 1 radical (unpaired) electrons. The van der Waals surface area contributed by atoms with Gasteiger partial charge in [0.05, 0.1) is 23.3 Å². The van der Waals surface area contributed by atoms with E-state index in [1.807, 2.05) is 11.4 Å². The van der Waals surface area contributed by atoms with E-state index in [0.717, 1.165) is 30.2 Å². The third-order valence-electron chi connectivity index (χ3n) is 2.64. The minimum atomic E-state index is -0.00944. The van der Waals surface area contributed by atoms with Crippen molar-refractivity contribution >= 4 is 17.2 Å². The second-order valence-electron chi connectivity index (χ2n) is 3.71. The van der Waals surface area contributed by atoms with Gasteiger partial charge in [0.25, 0.3) is 0 Å². The third kappa shape index (κ3) is 1.78. The number of nitrogens with one attached hydrogen (secondary N) is 1. The molecule has 0 unspecified atom stereocenters. The van der Waals surface area contributed by atoms with Crippen molar-refractivity contribution in [2.75, 3.05) is 13.1 Å². The van der Waals surface area contributed by atoms with Gasteiger partial charge in [-0.05, 0) is 6.07 Å². The minimum Gasteiger partial charge on any atom is -0.368 e. The lowest BCUT2D eigenvalue weighted by molar-refractivity contribution is 0.356. The van der Waals surface area contributed by atoms with Crippen LogP contribution in [0.4, 0.5) is 0 Å². The second kappa shape index (κ2) is 4.18. The quantitative estimate of drug-likeness (QED) is 0.881. The van der Waals surface area contributed by atoms with Crippen molar-refractivity contribution < 1.29 is 5.11 Å². The summed E-state index contributed by atoms with van der Waals surface area (Å²) >= 11 is 1.48. The number of hydrogen-bond donors (Lipinski definition) is 1. The zero-order chi connectivity index (χ0) is 11.7. The highest BCUT2D eigenvalue weighted by Crippen LogP contribution is 2.33. The molecule has 0 aliphatic carbocycles. The Morgan fingerprint density at radius 3 is 3.00 bits per heavy atom. The molecule has 1 N–H and O–H groups in total. The molecule has 5 heteroatoms. The van der Waals surface area contributed by atoms with Gasteiger partial charge in [-0.1, -0.05) is 12.1 Å². The van der Waals surface area contributed by atoms with Crippen molar-refractivity contribution in [2.24, 2.45) is 4.99 Å². The Kier molecular flexibility index (Phi) is 2.53. The van der Waals surface area contributed by atoms with Gasteiger partial charge in [-0.2, -0.15) is 0 Å². The number of aliphatic imine (C=N–C) groups is 1. The summed E-state index contributed by atoms with van der Waals surface area (Å²) in [5.74, 6) is 0.788. The smallest absolute Gasteiger partial charge is 0.188 e. The number of amidine groups is 1. The Labute approximate surface area is 103 Å². The molecular formula is C12H10N3OS. The molecule has 17 heavy (non-hydrogen) atoms. The molecular weight excluding hydrogens is 234 g/mol. The number of benzene rings is 1. The van der Waals surface area contributed by atoms with Crippen LogP contribution in [0.2, 0.25) is 0 Å². The van der Waals surface area contributed by atoms with Crippen LogP contribution in [0.15, 0.2) is 34.1 Å². The first kappa shape index (κ1) is 10.3. The molecule has 2 aromatic rings. The highest BCUT2D eigenvalue weighted by atomic mass is 32.1. The Morgan fingerprint density at radius 1 is 1.35 bits per heavy atom. The Balaban J connectivity index is 2.18. The number of nitrogens with zero attached hydrogens (tertiary/aromatic N) is 2. The van der Waals surface area contributed by atoms with Crippen molar-refractivity contribution in [3.8, 4) is 17.0 Å². The molecule has 85 valence electrons. The van der Waals surface area contributed by atoms with Crippen molar-refractivity contribution in [3.05, 3.63) is 34.7 Å². The number of thiazole rings is 1. The number of aromatic nitrogens is 1. The number of rotatable bonds is 2. The van der Waals surface area contributed by atoms with E-state index in [9.17, 15) is 5.11 Å². The molecule has 0 bridgehead atoms. The maximum atomic E-state index is 12.0. The van der Waals surface area contributed by atoms with Gasteiger partial charge in [-0.25, -0.2) is 4.98 Å². The highest BCUT2D eigenvalue weighted by Gasteiger charge is 2.18. The van der Waals surface area contributed by atoms with E-state index < -0.39 is 0 Å². The molecule has 4 nitrogen and oxygen atoms in total. The Hall–Kier alpha value is -1.88. The normalized spacial score (nSPS) is 14.5. The van der Waals surface area contributed by atoms with Crippen LogP contribution in [0.5, 0.6) is 5.75 Å². The first-order chi connectivity index (χ1) is 8.36. The predicted octanol–water partition coefficient (Wildman–Crippen LogP) is 2.30. The maximum Gasteiger partial charge on any atom is 0.188 e. The molecule has 3 rings (SSSR count). The van der Waals surface area contributed by atoms with Crippen molar-refractivity contribution in [1.82, 2.24) is 10.3 Å². The van der Waals surface area contributed by atoms with E-state index >= 15 is 0 Å². The fourth-order valence-corrected chi connectivity index (χ4v) is 2.45. The SMILES string of the molecule is [O]c1cccc(C2=NCCN2)c1-c1cscn1. The summed E-state index contributed by atoms with van der Waals surface area (Å²) in [5.41, 5.74) is 3.95. The lowest BCUT2D eigenvalue weighted by Gasteiger charge is -2.08. The average Bonchev–Trinajstić information content (AvgIpc) is 3.02. The summed E-state index contributed by atoms with van der Waals surface area (Å²) < 4.78 is 0. The predicted molar refractivity (Wildman–Crippen MR) is 67.1 cm³/mol. The highest BCUT2D eigenvalue weighted by molar-refractivity contribution is 7.07. The summed E-state index contributed by atoms with van der Waals surface area (Å²) in [4.78, 5) is 8.57. The van der Waals surface area contributed by atoms with Crippen LogP contribution in [0.3, 0.4) is 0 Å². The summed E-state index contributed by atoms with van der Waals surface area (Å²) in [5, 5.41) is 17.1. The molecule has 0 amide bonds. The van der Waals surface area contributed by atoms with Gasteiger partial charge in [-0.3, -0.25) is 10.1 Å². The van der Waals surface area contributed by atoms with Crippen molar-refractivity contribution in [1.29, 1.82) is 0 Å². The van der Waals surface area contributed by atoms with Crippen LogP contribution >= 0.6 is 11.3 Å². The monoisotopic (exact) mass is 244 g/mol. The molecule has 1 aromatic heterocycles. The minimum absolute atomic E-state index is 0.00944. The standard InChI is InChI=1S/C12H10N3OS/c16-10-3-1-2-8(12-13-4-5-14-12)11(10)9-6-17-7-15-9/h1-3,6-7H,4-5H2,(H,13,14). The van der Waals surface area contributed by atoms with Crippen LogP contribution in [0, 0.1) is 0 Å². The zero-order valence-electron chi connectivity index (χ0n) is 9.01. The average molecular weight is 244 g/mol. The van der Waals surface area contributed by atoms with Gasteiger partial charge in [0.1, 0.15) is 5.84 Å². The largest absolute Gasteiger partial charge is 0.368 e.